The molecular formula is C28H34ClN5O3. The number of carbonyl (C=O) groups excluding carboxylic acids is 1. The molecule has 0 radical (unpaired) electrons. The van der Waals surface area contributed by atoms with E-state index in [0.717, 1.165) is 29.4 Å². The molecule has 0 aliphatic heterocycles. The number of aliphatic hydroxyl groups excluding tert-OH is 2. The maximum absolute atomic E-state index is 12.1. The molecule has 3 aromatic rings. The molecule has 2 amide bonds. The van der Waals surface area contributed by atoms with Crippen molar-refractivity contribution in [2.75, 3.05) is 38.0 Å². The van der Waals surface area contributed by atoms with Crippen LogP contribution < -0.4 is 16.0 Å². The van der Waals surface area contributed by atoms with Gasteiger partial charge in [-0.15, -0.1) is 0 Å². The summed E-state index contributed by atoms with van der Waals surface area (Å²) in [6.07, 6.45) is 0.177. The normalized spacial score (nSPS) is 12.6. The van der Waals surface area contributed by atoms with Crippen LogP contribution in [0.2, 0.25) is 5.02 Å². The number of anilines is 1. The summed E-state index contributed by atoms with van der Waals surface area (Å²) in [6, 6.07) is 12.2. The Morgan fingerprint density at radius 2 is 1.81 bits per heavy atom. The summed E-state index contributed by atoms with van der Waals surface area (Å²) < 4.78 is 0. The van der Waals surface area contributed by atoms with Gasteiger partial charge in [-0.3, -0.25) is 10.6 Å². The van der Waals surface area contributed by atoms with Gasteiger partial charge in [0.15, 0.2) is 0 Å². The minimum Gasteiger partial charge on any atom is -0.390 e. The maximum Gasteiger partial charge on any atom is 0.320 e. The molecule has 37 heavy (non-hydrogen) atoms. The smallest absolute Gasteiger partial charge is 0.320 e. The number of fused-ring (bicyclic) bond motifs is 1. The van der Waals surface area contributed by atoms with Gasteiger partial charge in [0, 0.05) is 47.2 Å². The Morgan fingerprint density at radius 1 is 1.08 bits per heavy atom. The minimum absolute atomic E-state index is 0.275. The van der Waals surface area contributed by atoms with E-state index in [4.69, 9.17) is 11.6 Å². The van der Waals surface area contributed by atoms with Crippen LogP contribution in [-0.2, 0) is 0 Å². The third-order valence-corrected chi connectivity index (χ3v) is 6.13. The van der Waals surface area contributed by atoms with Crippen molar-refractivity contribution in [1.82, 2.24) is 20.5 Å². The average Bonchev–Trinajstić information content (AvgIpc) is 2.90. The summed E-state index contributed by atoms with van der Waals surface area (Å²) in [6.45, 7) is 8.97. The molecule has 0 fully saturated rings. The van der Waals surface area contributed by atoms with Gasteiger partial charge in [0.1, 0.15) is 12.0 Å². The summed E-state index contributed by atoms with van der Waals surface area (Å²) in [5, 5.41) is 31.3. The van der Waals surface area contributed by atoms with Crippen LogP contribution in [0.15, 0.2) is 48.7 Å². The fourth-order valence-corrected chi connectivity index (χ4v) is 3.98. The van der Waals surface area contributed by atoms with Crippen LogP contribution in [0, 0.1) is 11.8 Å². The monoisotopic (exact) mass is 523 g/mol. The van der Waals surface area contributed by atoms with Gasteiger partial charge in [-0.05, 0) is 49.8 Å². The van der Waals surface area contributed by atoms with Crippen molar-refractivity contribution in [3.63, 3.8) is 0 Å². The van der Waals surface area contributed by atoms with Crippen molar-refractivity contribution in [1.29, 1.82) is 0 Å². The second-order valence-electron chi connectivity index (χ2n) is 8.52. The lowest BCUT2D eigenvalue weighted by molar-refractivity contribution is 0.0808. The van der Waals surface area contributed by atoms with Crippen LogP contribution in [0.1, 0.15) is 43.7 Å². The molecule has 8 nitrogen and oxygen atoms in total. The standard InChI is InChI=1S/C28H34ClN5O3/c1-4-30-28(37)33-26-24(25-15-22(29)13-12-21(25)16-31-26)14-9-19-7-10-20(11-8-19)27(36)32-17-23(35)18-34(5-2)6-3/h7-8,10-13,15-16,23,27,32,35-36H,4-6,17-18H2,1-3H3,(H2,30,31,33,37). The largest absolute Gasteiger partial charge is 0.390 e. The van der Waals surface area contributed by atoms with Gasteiger partial charge in [-0.25, -0.2) is 9.78 Å². The summed E-state index contributed by atoms with van der Waals surface area (Å²) >= 11 is 6.23. The number of hydrogen-bond donors (Lipinski definition) is 5. The molecule has 1 heterocycles. The quantitative estimate of drug-likeness (QED) is 0.205. The summed E-state index contributed by atoms with van der Waals surface area (Å²) in [4.78, 5) is 18.7. The van der Waals surface area contributed by atoms with E-state index >= 15 is 0 Å². The summed E-state index contributed by atoms with van der Waals surface area (Å²) in [5.74, 6) is 6.59. The molecule has 2 atom stereocenters. The third-order valence-electron chi connectivity index (χ3n) is 5.89. The number of amides is 2. The Bertz CT molecular complexity index is 1250. The first-order valence-corrected chi connectivity index (χ1v) is 12.8. The fourth-order valence-electron chi connectivity index (χ4n) is 3.81. The number of halogens is 1. The maximum atomic E-state index is 12.1. The number of aromatic nitrogens is 1. The van der Waals surface area contributed by atoms with E-state index < -0.39 is 12.3 Å². The highest BCUT2D eigenvalue weighted by Gasteiger charge is 2.13. The molecule has 0 saturated carbocycles. The Morgan fingerprint density at radius 3 is 2.49 bits per heavy atom. The molecule has 1 aromatic heterocycles. The summed E-state index contributed by atoms with van der Waals surface area (Å²) in [7, 11) is 0. The number of nitrogens with one attached hydrogen (secondary N) is 3. The van der Waals surface area contributed by atoms with Crippen LogP contribution in [0.3, 0.4) is 0 Å². The molecule has 3 rings (SSSR count). The molecule has 0 spiro atoms. The number of nitrogens with zero attached hydrogens (tertiary/aromatic N) is 2. The number of aliphatic hydroxyl groups is 2. The van der Waals surface area contributed by atoms with E-state index in [1.54, 1.807) is 30.5 Å². The lowest BCUT2D eigenvalue weighted by Gasteiger charge is -2.23. The van der Waals surface area contributed by atoms with Crippen LogP contribution in [0.5, 0.6) is 0 Å². The first kappa shape index (κ1) is 28.4. The Hall–Kier alpha value is -3.19. The van der Waals surface area contributed by atoms with E-state index in [1.807, 2.05) is 25.1 Å². The molecule has 2 unspecified atom stereocenters. The zero-order valence-electron chi connectivity index (χ0n) is 21.4. The SMILES string of the molecule is CCNC(=O)Nc1ncc2ccc(Cl)cc2c1C#Cc1ccc(C(O)NCC(O)CN(CC)CC)cc1. The van der Waals surface area contributed by atoms with Crippen molar-refractivity contribution in [2.45, 2.75) is 33.1 Å². The van der Waals surface area contributed by atoms with Crippen molar-refractivity contribution in [3.05, 3.63) is 70.4 Å². The fraction of sp³-hybridized carbons (Fsp3) is 0.357. The first-order valence-electron chi connectivity index (χ1n) is 12.4. The molecule has 196 valence electrons. The van der Waals surface area contributed by atoms with Gasteiger partial charge in [-0.1, -0.05) is 55.5 Å². The second-order valence-corrected chi connectivity index (χ2v) is 8.96. The van der Waals surface area contributed by atoms with Crippen molar-refractivity contribution in [3.8, 4) is 11.8 Å². The minimum atomic E-state index is -0.911. The molecule has 0 saturated heterocycles. The predicted octanol–water partition coefficient (Wildman–Crippen LogP) is 3.71. The number of benzene rings is 2. The van der Waals surface area contributed by atoms with Crippen molar-refractivity contribution < 1.29 is 15.0 Å². The van der Waals surface area contributed by atoms with Crippen molar-refractivity contribution >= 4 is 34.2 Å². The zero-order chi connectivity index (χ0) is 26.8. The van der Waals surface area contributed by atoms with E-state index in [1.165, 1.54) is 0 Å². The molecule has 9 heteroatoms. The van der Waals surface area contributed by atoms with Gasteiger partial charge in [-0.2, -0.15) is 0 Å². The number of pyridine rings is 1. The highest BCUT2D eigenvalue weighted by atomic mass is 35.5. The molecule has 2 aromatic carbocycles. The lowest BCUT2D eigenvalue weighted by Crippen LogP contribution is -2.39. The highest BCUT2D eigenvalue weighted by Crippen LogP contribution is 2.26. The van der Waals surface area contributed by atoms with Crippen LogP contribution in [-0.4, -0.2) is 65.0 Å². The van der Waals surface area contributed by atoms with E-state index in [9.17, 15) is 15.0 Å². The second kappa shape index (κ2) is 13.9. The number of urea groups is 1. The zero-order valence-corrected chi connectivity index (χ0v) is 22.1. The molecule has 0 aliphatic carbocycles. The molecule has 5 N–H and O–H groups in total. The Balaban J connectivity index is 1.77. The number of likely N-dealkylation sites (N-methyl/N-ethyl adjacent to an activating group) is 1. The molecule has 0 aliphatic rings. The van der Waals surface area contributed by atoms with Crippen LogP contribution >= 0.6 is 11.6 Å². The Labute approximate surface area is 223 Å². The highest BCUT2D eigenvalue weighted by molar-refractivity contribution is 6.31. The van der Waals surface area contributed by atoms with Crippen LogP contribution in [0.4, 0.5) is 10.6 Å². The average molecular weight is 524 g/mol. The van der Waals surface area contributed by atoms with Gasteiger partial charge in [0.2, 0.25) is 0 Å². The number of carbonyl (C=O) groups is 1. The first-order chi connectivity index (χ1) is 17.8. The summed E-state index contributed by atoms with van der Waals surface area (Å²) in [5.41, 5.74) is 1.94. The van der Waals surface area contributed by atoms with E-state index in [0.29, 0.717) is 35.1 Å². The third kappa shape index (κ3) is 8.15. The molecule has 0 bridgehead atoms. The van der Waals surface area contributed by atoms with E-state index in [-0.39, 0.29) is 12.6 Å². The molecular weight excluding hydrogens is 490 g/mol. The predicted molar refractivity (Wildman–Crippen MR) is 149 cm³/mol. The lowest BCUT2D eigenvalue weighted by atomic mass is 10.1. The Kier molecular flexibility index (Phi) is 10.7. The van der Waals surface area contributed by atoms with Crippen LogP contribution in [0.25, 0.3) is 10.8 Å². The van der Waals surface area contributed by atoms with Crippen molar-refractivity contribution in [2.24, 2.45) is 0 Å². The van der Waals surface area contributed by atoms with Gasteiger partial charge < -0.3 is 20.4 Å². The van der Waals surface area contributed by atoms with Gasteiger partial charge >= 0.3 is 6.03 Å². The number of hydrogen-bond acceptors (Lipinski definition) is 6. The topological polar surface area (TPSA) is 110 Å². The van der Waals surface area contributed by atoms with Gasteiger partial charge in [0.25, 0.3) is 0 Å². The van der Waals surface area contributed by atoms with E-state index in [2.05, 4.69) is 51.5 Å². The number of rotatable bonds is 10. The van der Waals surface area contributed by atoms with Gasteiger partial charge in [0.05, 0.1) is 11.7 Å².